The molecule has 0 aliphatic heterocycles. The van der Waals surface area contributed by atoms with Crippen LogP contribution in [0.5, 0.6) is 0 Å². The number of carbonyl (C=O) groups is 2. The highest BCUT2D eigenvalue weighted by Gasteiger charge is 2.34. The molecule has 0 unspecified atom stereocenters. The molecular weight excluding hydrogens is 593 g/mol. The lowest BCUT2D eigenvalue weighted by Gasteiger charge is -2.33. The number of sulfonamides is 1. The van der Waals surface area contributed by atoms with Gasteiger partial charge in [0, 0.05) is 28.2 Å². The van der Waals surface area contributed by atoms with E-state index < -0.39 is 28.5 Å². The van der Waals surface area contributed by atoms with E-state index >= 15 is 0 Å². The maximum atomic E-state index is 14.2. The van der Waals surface area contributed by atoms with Crippen LogP contribution in [0.1, 0.15) is 54.9 Å². The number of anilines is 1. The maximum absolute atomic E-state index is 14.2. The molecule has 4 rings (SSSR count). The average Bonchev–Trinajstić information content (AvgIpc) is 3.46. The maximum Gasteiger partial charge on any atom is 0.264 e. The Kier molecular flexibility index (Phi) is 10.2. The van der Waals surface area contributed by atoms with E-state index in [2.05, 4.69) is 5.32 Å². The molecule has 0 heterocycles. The number of aryl methyl sites for hydroxylation is 3. The molecule has 7 nitrogen and oxygen atoms in total. The van der Waals surface area contributed by atoms with Gasteiger partial charge in [0.05, 0.1) is 10.6 Å². The molecule has 3 aromatic rings. The first kappa shape index (κ1) is 31.9. The highest BCUT2D eigenvalue weighted by Crippen LogP contribution is 2.30. The number of halogens is 2. The molecule has 1 aliphatic rings. The molecule has 10 heteroatoms. The highest BCUT2D eigenvalue weighted by molar-refractivity contribution is 7.92. The second-order valence-corrected chi connectivity index (χ2v) is 13.7. The SMILES string of the molecule is Cc1ccc(S(=O)(=O)N(CC(=O)N(Cc2c(Cl)cccc2Cl)[C@H](C)C(=O)NC2CCCC2)c2cc(C)ccc2C)cc1. The van der Waals surface area contributed by atoms with E-state index in [9.17, 15) is 18.0 Å². The smallest absolute Gasteiger partial charge is 0.264 e. The van der Waals surface area contributed by atoms with Crippen molar-refractivity contribution in [3.8, 4) is 0 Å². The molecule has 1 N–H and O–H groups in total. The first-order chi connectivity index (χ1) is 19.9. The third-order valence-corrected chi connectivity index (χ3v) is 10.3. The second kappa shape index (κ2) is 13.5. The molecule has 0 bridgehead atoms. The van der Waals surface area contributed by atoms with Gasteiger partial charge in [0.1, 0.15) is 12.6 Å². The van der Waals surface area contributed by atoms with Gasteiger partial charge in [0.15, 0.2) is 0 Å². The van der Waals surface area contributed by atoms with Crippen LogP contribution in [0.3, 0.4) is 0 Å². The molecule has 3 aromatic carbocycles. The number of carbonyl (C=O) groups excluding carboxylic acids is 2. The number of nitrogens with one attached hydrogen (secondary N) is 1. The molecular formula is C32H37Cl2N3O4S. The zero-order chi connectivity index (χ0) is 30.6. The molecule has 0 aromatic heterocycles. The quantitative estimate of drug-likeness (QED) is 0.274. The van der Waals surface area contributed by atoms with Gasteiger partial charge in [0.25, 0.3) is 10.0 Å². The van der Waals surface area contributed by atoms with Crippen molar-refractivity contribution in [2.45, 2.75) is 76.9 Å². The van der Waals surface area contributed by atoms with Crippen LogP contribution in [-0.4, -0.2) is 43.8 Å². The Morgan fingerprint density at radius 1 is 0.929 bits per heavy atom. The number of nitrogens with zero attached hydrogens (tertiary/aromatic N) is 2. The van der Waals surface area contributed by atoms with Crippen molar-refractivity contribution >= 4 is 50.7 Å². The number of hydrogen-bond acceptors (Lipinski definition) is 4. The highest BCUT2D eigenvalue weighted by atomic mass is 35.5. The third kappa shape index (κ3) is 7.28. The van der Waals surface area contributed by atoms with E-state index in [4.69, 9.17) is 23.2 Å². The van der Waals surface area contributed by atoms with Gasteiger partial charge in [-0.2, -0.15) is 0 Å². The van der Waals surface area contributed by atoms with E-state index in [1.54, 1.807) is 50.2 Å². The summed E-state index contributed by atoms with van der Waals surface area (Å²) in [5.74, 6) is -0.866. The molecule has 0 radical (unpaired) electrons. The van der Waals surface area contributed by atoms with Crippen molar-refractivity contribution < 1.29 is 18.0 Å². The van der Waals surface area contributed by atoms with Crippen molar-refractivity contribution in [2.24, 2.45) is 0 Å². The van der Waals surface area contributed by atoms with E-state index in [0.717, 1.165) is 41.1 Å². The van der Waals surface area contributed by atoms with Crippen LogP contribution in [0, 0.1) is 20.8 Å². The van der Waals surface area contributed by atoms with Crippen molar-refractivity contribution in [1.29, 1.82) is 0 Å². The zero-order valence-corrected chi connectivity index (χ0v) is 26.7. The Labute approximate surface area is 258 Å². The van der Waals surface area contributed by atoms with Crippen LogP contribution in [0.25, 0.3) is 0 Å². The summed E-state index contributed by atoms with van der Waals surface area (Å²) in [5, 5.41) is 3.76. The first-order valence-corrected chi connectivity index (χ1v) is 16.3. The standard InChI is InChI=1S/C32H37Cl2N3O4S/c1-21-13-16-26(17-14-21)42(40,41)37(30-18-22(2)12-15-23(30)3)20-31(38)36(19-27-28(33)10-7-11-29(27)34)24(4)32(39)35-25-8-5-6-9-25/h7,10-18,24-25H,5-6,8-9,19-20H2,1-4H3,(H,35,39)/t24-/m1/s1. The molecule has 1 fully saturated rings. The van der Waals surface area contributed by atoms with Gasteiger partial charge >= 0.3 is 0 Å². The number of hydrogen-bond donors (Lipinski definition) is 1. The first-order valence-electron chi connectivity index (χ1n) is 14.1. The summed E-state index contributed by atoms with van der Waals surface area (Å²) in [6, 6.07) is 16.1. The summed E-state index contributed by atoms with van der Waals surface area (Å²) < 4.78 is 29.3. The number of amides is 2. The fourth-order valence-corrected chi connectivity index (χ4v) is 7.15. The minimum atomic E-state index is -4.16. The summed E-state index contributed by atoms with van der Waals surface area (Å²) in [6.07, 6.45) is 3.85. The monoisotopic (exact) mass is 629 g/mol. The Bertz CT molecular complexity index is 1530. The summed E-state index contributed by atoms with van der Waals surface area (Å²) in [6.45, 7) is 6.59. The topological polar surface area (TPSA) is 86.8 Å². The zero-order valence-electron chi connectivity index (χ0n) is 24.4. The third-order valence-electron chi connectivity index (χ3n) is 7.78. The number of rotatable bonds is 10. The van der Waals surface area contributed by atoms with E-state index in [1.807, 2.05) is 26.0 Å². The molecule has 1 saturated carbocycles. The van der Waals surface area contributed by atoms with Crippen molar-refractivity contribution in [1.82, 2.24) is 10.2 Å². The van der Waals surface area contributed by atoms with E-state index in [0.29, 0.717) is 26.9 Å². The van der Waals surface area contributed by atoms with E-state index in [-0.39, 0.29) is 23.4 Å². The van der Waals surface area contributed by atoms with E-state index in [1.165, 1.54) is 17.0 Å². The van der Waals surface area contributed by atoms with Gasteiger partial charge in [-0.15, -0.1) is 0 Å². The summed E-state index contributed by atoms with van der Waals surface area (Å²) in [7, 11) is -4.16. The summed E-state index contributed by atoms with van der Waals surface area (Å²) in [4.78, 5) is 29.1. The largest absolute Gasteiger partial charge is 0.352 e. The predicted octanol–water partition coefficient (Wildman–Crippen LogP) is 6.59. The molecule has 224 valence electrons. The summed E-state index contributed by atoms with van der Waals surface area (Å²) in [5.41, 5.74) is 3.32. The normalized spacial score (nSPS) is 14.4. The van der Waals surface area contributed by atoms with Crippen molar-refractivity contribution in [3.63, 3.8) is 0 Å². The lowest BCUT2D eigenvalue weighted by Crippen LogP contribution is -2.52. The molecule has 42 heavy (non-hydrogen) atoms. The molecule has 0 spiro atoms. The van der Waals surface area contributed by atoms with Gasteiger partial charge in [0.2, 0.25) is 11.8 Å². The molecule has 1 aliphatic carbocycles. The predicted molar refractivity (Wildman–Crippen MR) is 168 cm³/mol. The van der Waals surface area contributed by atoms with Crippen molar-refractivity contribution in [2.75, 3.05) is 10.8 Å². The van der Waals surface area contributed by atoms with Gasteiger partial charge in [-0.3, -0.25) is 13.9 Å². The lowest BCUT2D eigenvalue weighted by molar-refractivity contribution is -0.139. The Morgan fingerprint density at radius 3 is 2.14 bits per heavy atom. The second-order valence-electron chi connectivity index (χ2n) is 11.0. The Hall–Kier alpha value is -3.07. The van der Waals surface area contributed by atoms with Gasteiger partial charge in [-0.25, -0.2) is 8.42 Å². The fraction of sp³-hybridized carbons (Fsp3) is 0.375. The summed E-state index contributed by atoms with van der Waals surface area (Å²) >= 11 is 13.0. The molecule has 2 amide bonds. The fourth-order valence-electron chi connectivity index (χ4n) is 5.17. The van der Waals surface area contributed by atoms with Gasteiger partial charge < -0.3 is 10.2 Å². The average molecular weight is 631 g/mol. The molecule has 0 saturated heterocycles. The van der Waals surface area contributed by atoms with Crippen LogP contribution < -0.4 is 9.62 Å². The Balaban J connectivity index is 1.75. The minimum Gasteiger partial charge on any atom is -0.352 e. The van der Waals surface area contributed by atoms with Gasteiger partial charge in [-0.1, -0.05) is 71.9 Å². The van der Waals surface area contributed by atoms with Crippen LogP contribution in [-0.2, 0) is 26.2 Å². The van der Waals surface area contributed by atoms with Crippen LogP contribution in [0.4, 0.5) is 5.69 Å². The van der Waals surface area contributed by atoms with Crippen LogP contribution in [0.15, 0.2) is 65.6 Å². The lowest BCUT2D eigenvalue weighted by atomic mass is 10.1. The number of benzene rings is 3. The molecule has 1 atom stereocenters. The van der Waals surface area contributed by atoms with Gasteiger partial charge in [-0.05, 0) is 82.0 Å². The minimum absolute atomic E-state index is 0.0501. The van der Waals surface area contributed by atoms with Crippen LogP contribution in [0.2, 0.25) is 10.0 Å². The Morgan fingerprint density at radius 2 is 1.52 bits per heavy atom. The van der Waals surface area contributed by atoms with Crippen LogP contribution >= 0.6 is 23.2 Å². The van der Waals surface area contributed by atoms with Crippen molar-refractivity contribution in [3.05, 3.63) is 93.0 Å².